The van der Waals surface area contributed by atoms with Crippen molar-refractivity contribution in [2.24, 2.45) is 0 Å². The van der Waals surface area contributed by atoms with Crippen molar-refractivity contribution in [3.05, 3.63) is 35.2 Å². The Morgan fingerprint density at radius 2 is 2.12 bits per heavy atom. The first-order chi connectivity index (χ1) is 3.89. The summed E-state index contributed by atoms with van der Waals surface area (Å²) >= 11 is 2.49. The van der Waals surface area contributed by atoms with Crippen LogP contribution in [0.4, 0.5) is 0 Å². The van der Waals surface area contributed by atoms with Gasteiger partial charge in [-0.25, -0.2) is 0 Å². The van der Waals surface area contributed by atoms with Crippen molar-refractivity contribution in [2.45, 2.75) is 6.42 Å². The third-order valence-corrected chi connectivity index (χ3v) is 1.50. The molecule has 0 amide bonds. The molecule has 0 spiro atoms. The van der Waals surface area contributed by atoms with Crippen LogP contribution in [0.5, 0.6) is 0 Å². The second kappa shape index (κ2) is 5.10. The molecule has 1 aliphatic rings. The van der Waals surface area contributed by atoms with E-state index in [-0.39, 0.29) is 0 Å². The number of hydrogen-bond donors (Lipinski definition) is 0. The summed E-state index contributed by atoms with van der Waals surface area (Å²) in [6.45, 7) is 6.00. The Morgan fingerprint density at radius 3 is 2.25 bits per heavy atom. The van der Waals surface area contributed by atoms with Gasteiger partial charge in [0.2, 0.25) is 0 Å². The second-order valence-corrected chi connectivity index (χ2v) is 2.59. The van der Waals surface area contributed by atoms with Crippen LogP contribution in [0.3, 0.4) is 0 Å². The van der Waals surface area contributed by atoms with Gasteiger partial charge in [-0.15, -0.1) is 13.2 Å². The standard InChI is InChI=1S/C5H5.C2H4.Au/c1-2-4-5-3-1;1-2;/h1-3H,4H2;1-2H2;. The van der Waals surface area contributed by atoms with Gasteiger partial charge < -0.3 is 0 Å². The zero-order valence-corrected chi connectivity index (χ0v) is 6.82. The Labute approximate surface area is 62.9 Å². The summed E-state index contributed by atoms with van der Waals surface area (Å²) in [7, 11) is 0. The molecule has 0 aromatic heterocycles. The summed E-state index contributed by atoms with van der Waals surface area (Å²) < 4.78 is 1.41. The van der Waals surface area contributed by atoms with Crippen molar-refractivity contribution < 1.29 is 21.1 Å². The first-order valence-corrected chi connectivity index (χ1v) is 3.45. The van der Waals surface area contributed by atoms with Crippen LogP contribution in [0, 0.1) is 0 Å². The van der Waals surface area contributed by atoms with Crippen molar-refractivity contribution in [1.82, 2.24) is 0 Å². The van der Waals surface area contributed by atoms with Crippen molar-refractivity contribution in [1.29, 1.82) is 0 Å². The van der Waals surface area contributed by atoms with Crippen LogP contribution in [0.1, 0.15) is 6.42 Å². The van der Waals surface area contributed by atoms with E-state index in [0.717, 1.165) is 6.42 Å². The average Bonchev–Trinajstić information content (AvgIpc) is 2.24. The number of hydrogen-bond acceptors (Lipinski definition) is 0. The van der Waals surface area contributed by atoms with Crippen molar-refractivity contribution in [3.63, 3.8) is 0 Å². The Balaban J connectivity index is 0.000000222. The molecular formula is C7H9Au. The zero-order chi connectivity index (χ0) is 6.41. The van der Waals surface area contributed by atoms with Gasteiger partial charge in [-0.05, 0) is 0 Å². The van der Waals surface area contributed by atoms with E-state index in [1.165, 1.54) is 3.79 Å². The summed E-state index contributed by atoms with van der Waals surface area (Å²) in [6.07, 6.45) is 7.48. The SMILES string of the molecule is C=C.[Au][C]1=CC=CC1. The molecule has 0 saturated heterocycles. The first-order valence-electron chi connectivity index (χ1n) is 2.37. The van der Waals surface area contributed by atoms with Gasteiger partial charge in [0, 0.05) is 0 Å². The second-order valence-electron chi connectivity index (χ2n) is 1.20. The van der Waals surface area contributed by atoms with E-state index < -0.39 is 0 Å². The first kappa shape index (κ1) is 7.96. The summed E-state index contributed by atoms with van der Waals surface area (Å²) in [5, 5.41) is 0. The average molecular weight is 290 g/mol. The van der Waals surface area contributed by atoms with Crippen LogP contribution in [-0.2, 0) is 21.1 Å². The fraction of sp³-hybridized carbons (Fsp3) is 0.143. The molecule has 0 nitrogen and oxygen atoms in total. The molecule has 0 bridgehead atoms. The summed E-state index contributed by atoms with van der Waals surface area (Å²) in [4.78, 5) is 0. The van der Waals surface area contributed by atoms with Crippen LogP contribution >= 0.6 is 0 Å². The van der Waals surface area contributed by atoms with Crippen LogP contribution in [-0.4, -0.2) is 0 Å². The van der Waals surface area contributed by atoms with Crippen LogP contribution < -0.4 is 0 Å². The quantitative estimate of drug-likeness (QED) is 0.474. The third kappa shape index (κ3) is 3.03. The van der Waals surface area contributed by atoms with E-state index in [1.54, 1.807) is 0 Å². The van der Waals surface area contributed by atoms with E-state index in [1.807, 2.05) is 0 Å². The minimum atomic E-state index is 1.14. The molecule has 0 atom stereocenters. The molecule has 0 saturated carbocycles. The van der Waals surface area contributed by atoms with Gasteiger partial charge in [0.15, 0.2) is 0 Å². The molecule has 0 aliphatic heterocycles. The van der Waals surface area contributed by atoms with E-state index in [4.69, 9.17) is 0 Å². The molecular weight excluding hydrogens is 281 g/mol. The summed E-state index contributed by atoms with van der Waals surface area (Å²) in [6, 6.07) is 0. The minimum absolute atomic E-state index is 1.14. The Hall–Kier alpha value is -0.0397. The summed E-state index contributed by atoms with van der Waals surface area (Å²) in [5.74, 6) is 0. The normalized spacial score (nSPS) is 14.5. The van der Waals surface area contributed by atoms with E-state index in [2.05, 4.69) is 52.5 Å². The van der Waals surface area contributed by atoms with Gasteiger partial charge in [-0.2, -0.15) is 0 Å². The van der Waals surface area contributed by atoms with Crippen LogP contribution in [0.2, 0.25) is 0 Å². The molecule has 0 aromatic carbocycles. The molecule has 0 unspecified atom stereocenters. The van der Waals surface area contributed by atoms with Gasteiger partial charge in [-0.1, -0.05) is 0 Å². The Morgan fingerprint density at radius 1 is 1.50 bits per heavy atom. The number of allylic oxidation sites excluding steroid dienone is 4. The molecule has 1 aliphatic carbocycles. The molecule has 0 N–H and O–H groups in total. The van der Waals surface area contributed by atoms with Gasteiger partial charge in [-0.3, -0.25) is 0 Å². The van der Waals surface area contributed by atoms with E-state index >= 15 is 0 Å². The molecule has 1 heteroatoms. The Kier molecular flexibility index (Phi) is 5.08. The zero-order valence-electron chi connectivity index (χ0n) is 4.65. The molecule has 0 radical (unpaired) electrons. The Bertz CT molecular complexity index is 112. The van der Waals surface area contributed by atoms with E-state index in [9.17, 15) is 0 Å². The molecule has 0 fully saturated rings. The maximum atomic E-state index is 3.00. The maximum absolute atomic E-state index is 3.00. The van der Waals surface area contributed by atoms with Gasteiger partial charge in [0.1, 0.15) is 0 Å². The third-order valence-electron chi connectivity index (χ3n) is 0.698. The monoisotopic (exact) mass is 290 g/mol. The predicted molar refractivity (Wildman–Crippen MR) is 33.1 cm³/mol. The van der Waals surface area contributed by atoms with Crippen molar-refractivity contribution in [3.8, 4) is 0 Å². The number of rotatable bonds is 0. The van der Waals surface area contributed by atoms with E-state index in [0.29, 0.717) is 0 Å². The van der Waals surface area contributed by atoms with Gasteiger partial charge in [0.05, 0.1) is 0 Å². The van der Waals surface area contributed by atoms with Crippen molar-refractivity contribution >= 4 is 0 Å². The van der Waals surface area contributed by atoms with Crippen molar-refractivity contribution in [2.75, 3.05) is 0 Å². The molecule has 1 rings (SSSR count). The summed E-state index contributed by atoms with van der Waals surface area (Å²) in [5.41, 5.74) is 0. The van der Waals surface area contributed by atoms with Crippen LogP contribution in [0.15, 0.2) is 35.2 Å². The molecule has 8 heavy (non-hydrogen) atoms. The predicted octanol–water partition coefficient (Wildman–Crippen LogP) is 2.18. The fourth-order valence-electron chi connectivity index (χ4n) is 0.405. The fourth-order valence-corrected chi connectivity index (χ4v) is 0.869. The molecule has 48 valence electrons. The van der Waals surface area contributed by atoms with Gasteiger partial charge >= 0.3 is 49.5 Å². The topological polar surface area (TPSA) is 0 Å². The van der Waals surface area contributed by atoms with Gasteiger partial charge in [0.25, 0.3) is 0 Å². The molecule has 0 heterocycles. The van der Waals surface area contributed by atoms with Crippen LogP contribution in [0.25, 0.3) is 0 Å². The molecule has 0 aromatic rings.